The molecule has 0 rings (SSSR count). The molecule has 0 aromatic heterocycles. The summed E-state index contributed by atoms with van der Waals surface area (Å²) >= 11 is 0. The zero-order chi connectivity index (χ0) is 11.8. The van der Waals surface area contributed by atoms with E-state index in [1.54, 1.807) is 0 Å². The van der Waals surface area contributed by atoms with Crippen molar-refractivity contribution < 1.29 is 24.5 Å². The minimum absolute atomic E-state index is 0.492. The average Bonchev–Trinajstić information content (AvgIpc) is 2.11. The maximum atomic E-state index is 10.5. The van der Waals surface area contributed by atoms with Gasteiger partial charge in [-0.1, -0.05) is 0 Å². The molecule has 9 nitrogen and oxygen atoms in total. The fraction of sp³-hybridized carbons (Fsp3) is 0.667. The highest BCUT2D eigenvalue weighted by Crippen LogP contribution is 1.93. The van der Waals surface area contributed by atoms with E-state index in [2.05, 4.69) is 0 Å². The molecule has 0 fully saturated rings. The van der Waals surface area contributed by atoms with Crippen LogP contribution < -0.4 is 22.1 Å². The van der Waals surface area contributed by atoms with E-state index in [0.29, 0.717) is 0 Å². The third-order valence-electron chi connectivity index (χ3n) is 1.28. The van der Waals surface area contributed by atoms with Gasteiger partial charge in [-0.2, -0.15) is 0 Å². The minimum Gasteiger partial charge on any atom is -0.394 e. The molecule has 0 spiro atoms. The van der Waals surface area contributed by atoms with Crippen molar-refractivity contribution in [3.63, 3.8) is 0 Å². The molecule has 9 heteroatoms. The van der Waals surface area contributed by atoms with Gasteiger partial charge in [-0.25, -0.2) is 9.59 Å². The smallest absolute Gasteiger partial charge is 0.315 e. The van der Waals surface area contributed by atoms with Gasteiger partial charge in [0.05, 0.1) is 13.2 Å². The number of hydrogen-bond acceptors (Lipinski definition) is 5. The lowest BCUT2D eigenvalue weighted by Gasteiger charge is -2.22. The summed E-state index contributed by atoms with van der Waals surface area (Å²) in [6.45, 7) is -0.984. The fourth-order valence-electron chi connectivity index (χ4n) is 0.699. The van der Waals surface area contributed by atoms with Crippen LogP contribution in [0.5, 0.6) is 0 Å². The van der Waals surface area contributed by atoms with Crippen molar-refractivity contribution in [2.75, 3.05) is 13.2 Å². The quantitative estimate of drug-likeness (QED) is 0.263. The molecule has 0 aliphatic rings. The first-order valence-electron chi connectivity index (χ1n) is 3.98. The van der Waals surface area contributed by atoms with Gasteiger partial charge in [-0.05, 0) is 0 Å². The Morgan fingerprint density at radius 3 is 1.80 bits per heavy atom. The summed E-state index contributed by atoms with van der Waals surface area (Å²) in [4.78, 5) is 20.9. The summed E-state index contributed by atoms with van der Waals surface area (Å²) in [5.74, 6) is 0. The maximum Gasteiger partial charge on any atom is 0.315 e. The Morgan fingerprint density at radius 2 is 1.53 bits per heavy atom. The number of aliphatic hydroxyl groups is 2. The zero-order valence-corrected chi connectivity index (χ0v) is 7.84. The Hall–Kier alpha value is -1.58. The molecular formula is C6H14N4O5. The molecule has 4 amide bonds. The first kappa shape index (κ1) is 13.4. The van der Waals surface area contributed by atoms with Crippen molar-refractivity contribution in [2.45, 2.75) is 12.5 Å². The monoisotopic (exact) mass is 222 g/mol. The van der Waals surface area contributed by atoms with E-state index >= 15 is 0 Å². The van der Waals surface area contributed by atoms with Gasteiger partial charge < -0.3 is 26.4 Å². The molecule has 0 radical (unpaired) electrons. The lowest BCUT2D eigenvalue weighted by atomic mass is 10.4. The van der Waals surface area contributed by atoms with E-state index in [9.17, 15) is 9.59 Å². The first-order valence-corrected chi connectivity index (χ1v) is 3.98. The normalized spacial score (nSPS) is 10.4. The number of urea groups is 2. The predicted octanol–water partition coefficient (Wildman–Crippen LogP) is -3.02. The minimum atomic E-state index is -1.30. The molecule has 0 aromatic carbocycles. The van der Waals surface area contributed by atoms with E-state index in [1.807, 2.05) is 10.6 Å². The number of rotatable bonds is 6. The number of aliphatic hydroxyl groups excluding tert-OH is 2. The largest absolute Gasteiger partial charge is 0.394 e. The van der Waals surface area contributed by atoms with Crippen LogP contribution in [0.15, 0.2) is 0 Å². The van der Waals surface area contributed by atoms with Gasteiger partial charge in [0, 0.05) is 0 Å². The standard InChI is InChI=1S/C6H14N4O5/c7-4(13)9-6(10-5(8)14)15-3(1-11)2-12/h3,6,11-12H,1-2H2,(H3,7,9,13)(H3,8,10,14). The third-order valence-corrected chi connectivity index (χ3v) is 1.28. The number of carbonyl (C=O) groups is 2. The van der Waals surface area contributed by atoms with Crippen LogP contribution in [-0.4, -0.2) is 47.9 Å². The zero-order valence-electron chi connectivity index (χ0n) is 7.84. The second kappa shape index (κ2) is 6.81. The van der Waals surface area contributed by atoms with Gasteiger partial charge in [0.15, 0.2) is 0 Å². The highest BCUT2D eigenvalue weighted by molar-refractivity contribution is 5.74. The van der Waals surface area contributed by atoms with Crippen molar-refractivity contribution in [2.24, 2.45) is 11.5 Å². The van der Waals surface area contributed by atoms with Gasteiger partial charge in [-0.15, -0.1) is 0 Å². The maximum absolute atomic E-state index is 10.5. The molecule has 0 atom stereocenters. The number of primary amides is 2. The summed E-state index contributed by atoms with van der Waals surface area (Å²) < 4.78 is 4.85. The Bertz CT molecular complexity index is 204. The van der Waals surface area contributed by atoms with Crippen molar-refractivity contribution in [3.05, 3.63) is 0 Å². The van der Waals surface area contributed by atoms with Crippen LogP contribution in [0.2, 0.25) is 0 Å². The van der Waals surface area contributed by atoms with E-state index in [4.69, 9.17) is 26.4 Å². The van der Waals surface area contributed by atoms with E-state index in [0.717, 1.165) is 0 Å². The topological polar surface area (TPSA) is 160 Å². The molecule has 0 aromatic rings. The summed E-state index contributed by atoms with van der Waals surface area (Å²) in [5.41, 5.74) is 9.56. The van der Waals surface area contributed by atoms with E-state index in [1.165, 1.54) is 0 Å². The molecule has 8 N–H and O–H groups in total. The third kappa shape index (κ3) is 6.49. The van der Waals surface area contributed by atoms with E-state index in [-0.39, 0.29) is 0 Å². The van der Waals surface area contributed by atoms with Crippen molar-refractivity contribution in [1.29, 1.82) is 0 Å². The SMILES string of the molecule is NC(=O)NC(NC(N)=O)OC(CO)CO. The average molecular weight is 222 g/mol. The van der Waals surface area contributed by atoms with Crippen LogP contribution in [0.25, 0.3) is 0 Å². The van der Waals surface area contributed by atoms with Gasteiger partial charge in [-0.3, -0.25) is 10.6 Å². The molecule has 0 bridgehead atoms. The van der Waals surface area contributed by atoms with Crippen LogP contribution in [0.1, 0.15) is 0 Å². The van der Waals surface area contributed by atoms with Crippen LogP contribution >= 0.6 is 0 Å². The van der Waals surface area contributed by atoms with Crippen LogP contribution in [0.3, 0.4) is 0 Å². The number of amides is 4. The predicted molar refractivity (Wildman–Crippen MR) is 48.3 cm³/mol. The number of hydrogen-bond donors (Lipinski definition) is 6. The Labute approximate surface area is 85.4 Å². The number of nitrogens with one attached hydrogen (secondary N) is 2. The van der Waals surface area contributed by atoms with Crippen LogP contribution in [0, 0.1) is 0 Å². The first-order chi connectivity index (χ1) is 6.99. The van der Waals surface area contributed by atoms with Gasteiger partial charge >= 0.3 is 12.1 Å². The molecule has 88 valence electrons. The van der Waals surface area contributed by atoms with Crippen molar-refractivity contribution in [1.82, 2.24) is 10.6 Å². The lowest BCUT2D eigenvalue weighted by molar-refractivity contribution is -0.0775. The highest BCUT2D eigenvalue weighted by atomic mass is 16.5. The van der Waals surface area contributed by atoms with Crippen LogP contribution in [0.4, 0.5) is 9.59 Å². The Kier molecular flexibility index (Phi) is 6.09. The van der Waals surface area contributed by atoms with E-state index < -0.39 is 37.7 Å². The summed E-state index contributed by atoms with van der Waals surface area (Å²) in [6, 6.07) is -1.91. The summed E-state index contributed by atoms with van der Waals surface area (Å²) in [5, 5.41) is 21.3. The summed E-state index contributed by atoms with van der Waals surface area (Å²) in [6.07, 6.45) is -2.27. The number of ether oxygens (including phenoxy) is 1. The Morgan fingerprint density at radius 1 is 1.13 bits per heavy atom. The lowest BCUT2D eigenvalue weighted by Crippen LogP contribution is -2.54. The second-order valence-corrected chi connectivity index (χ2v) is 2.52. The highest BCUT2D eigenvalue weighted by Gasteiger charge is 2.17. The molecule has 0 unspecified atom stereocenters. The molecule has 0 aliphatic carbocycles. The van der Waals surface area contributed by atoms with Crippen molar-refractivity contribution in [3.8, 4) is 0 Å². The Balaban J connectivity index is 4.21. The van der Waals surface area contributed by atoms with Crippen molar-refractivity contribution >= 4 is 12.1 Å². The number of carbonyl (C=O) groups excluding carboxylic acids is 2. The van der Waals surface area contributed by atoms with Gasteiger partial charge in [0.1, 0.15) is 6.10 Å². The summed E-state index contributed by atoms with van der Waals surface area (Å²) in [7, 11) is 0. The molecule has 0 heterocycles. The fourth-order valence-corrected chi connectivity index (χ4v) is 0.699. The van der Waals surface area contributed by atoms with Gasteiger partial charge in [0.25, 0.3) is 0 Å². The molecule has 0 aliphatic heterocycles. The van der Waals surface area contributed by atoms with Gasteiger partial charge in [0.2, 0.25) is 6.35 Å². The van der Waals surface area contributed by atoms with Crippen LogP contribution in [-0.2, 0) is 4.74 Å². The molecule has 0 saturated carbocycles. The second-order valence-electron chi connectivity index (χ2n) is 2.52. The number of nitrogens with two attached hydrogens (primary N) is 2. The molecule has 15 heavy (non-hydrogen) atoms. The molecule has 0 saturated heterocycles. The molecular weight excluding hydrogens is 208 g/mol.